The van der Waals surface area contributed by atoms with Gasteiger partial charge < -0.3 is 5.32 Å². The molecule has 1 rings (SSSR count). The Morgan fingerprint density at radius 2 is 2.20 bits per heavy atom. The van der Waals surface area contributed by atoms with Gasteiger partial charge in [-0.1, -0.05) is 13.0 Å². The van der Waals surface area contributed by atoms with Crippen molar-refractivity contribution in [3.63, 3.8) is 0 Å². The molecule has 3 nitrogen and oxygen atoms in total. The van der Waals surface area contributed by atoms with E-state index in [1.54, 1.807) is 12.1 Å². The number of hydrogen-bond donors (Lipinski definition) is 1. The van der Waals surface area contributed by atoms with Gasteiger partial charge in [0.05, 0.1) is 5.69 Å². The lowest BCUT2D eigenvalue weighted by atomic mass is 10.0. The van der Waals surface area contributed by atoms with E-state index in [1.807, 2.05) is 19.9 Å². The van der Waals surface area contributed by atoms with Gasteiger partial charge in [-0.2, -0.15) is 0 Å². The zero-order valence-corrected chi connectivity index (χ0v) is 9.04. The summed E-state index contributed by atoms with van der Waals surface area (Å²) >= 11 is 0. The highest BCUT2D eigenvalue weighted by Crippen LogP contribution is 2.19. The van der Waals surface area contributed by atoms with Gasteiger partial charge in [0.2, 0.25) is 6.41 Å². The Kier molecular flexibility index (Phi) is 4.03. The predicted octanol–water partition coefficient (Wildman–Crippen LogP) is 2.55. The lowest BCUT2D eigenvalue weighted by Crippen LogP contribution is -2.05. The number of ketones is 1. The molecule has 0 saturated carbocycles. The van der Waals surface area contributed by atoms with Crippen molar-refractivity contribution in [2.45, 2.75) is 26.7 Å². The first-order valence-corrected chi connectivity index (χ1v) is 5.03. The zero-order chi connectivity index (χ0) is 11.3. The molecule has 0 aliphatic carbocycles. The molecule has 80 valence electrons. The minimum absolute atomic E-state index is 0.0712. The normalized spacial score (nSPS) is 9.73. The van der Waals surface area contributed by atoms with Gasteiger partial charge in [0.25, 0.3) is 0 Å². The predicted molar refractivity (Wildman–Crippen MR) is 60.1 cm³/mol. The number of benzene rings is 1. The Morgan fingerprint density at radius 3 is 2.80 bits per heavy atom. The van der Waals surface area contributed by atoms with Crippen LogP contribution in [-0.4, -0.2) is 12.2 Å². The summed E-state index contributed by atoms with van der Waals surface area (Å²) in [5.74, 6) is 0.0712. The van der Waals surface area contributed by atoms with Gasteiger partial charge in [0, 0.05) is 12.0 Å². The monoisotopic (exact) mass is 205 g/mol. The Labute approximate surface area is 89.5 Å². The molecule has 0 radical (unpaired) electrons. The molecule has 0 aliphatic heterocycles. The molecule has 1 aromatic rings. The van der Waals surface area contributed by atoms with E-state index in [9.17, 15) is 9.59 Å². The Bertz CT molecular complexity index is 372. The molecule has 1 N–H and O–H groups in total. The first-order chi connectivity index (χ1) is 7.19. The van der Waals surface area contributed by atoms with Gasteiger partial charge in [0.1, 0.15) is 0 Å². The first kappa shape index (κ1) is 11.4. The Hall–Kier alpha value is -1.64. The molecule has 0 atom stereocenters. The SMILES string of the molecule is CCCC(=O)c1ccc(C)cc1NC=O. The summed E-state index contributed by atoms with van der Waals surface area (Å²) in [7, 11) is 0. The largest absolute Gasteiger partial charge is 0.328 e. The third kappa shape index (κ3) is 2.91. The number of nitrogens with one attached hydrogen (secondary N) is 1. The summed E-state index contributed by atoms with van der Waals surface area (Å²) in [6, 6.07) is 5.44. The van der Waals surface area contributed by atoms with Crippen LogP contribution in [0.4, 0.5) is 5.69 Å². The van der Waals surface area contributed by atoms with Crippen molar-refractivity contribution in [3.05, 3.63) is 29.3 Å². The maximum atomic E-state index is 11.7. The van der Waals surface area contributed by atoms with E-state index in [-0.39, 0.29) is 5.78 Å². The minimum Gasteiger partial charge on any atom is -0.328 e. The average molecular weight is 205 g/mol. The maximum Gasteiger partial charge on any atom is 0.211 e. The second kappa shape index (κ2) is 5.29. The fourth-order valence-corrected chi connectivity index (χ4v) is 1.45. The smallest absolute Gasteiger partial charge is 0.211 e. The molecule has 0 aliphatic rings. The average Bonchev–Trinajstić information content (AvgIpc) is 2.18. The van der Waals surface area contributed by atoms with Crippen LogP contribution in [0.5, 0.6) is 0 Å². The van der Waals surface area contributed by atoms with Crippen LogP contribution in [-0.2, 0) is 4.79 Å². The van der Waals surface area contributed by atoms with Crippen LogP contribution in [0, 0.1) is 6.92 Å². The summed E-state index contributed by atoms with van der Waals surface area (Å²) < 4.78 is 0. The highest BCUT2D eigenvalue weighted by atomic mass is 16.1. The molecule has 3 heteroatoms. The first-order valence-electron chi connectivity index (χ1n) is 5.03. The summed E-state index contributed by atoms with van der Waals surface area (Å²) in [5, 5.41) is 2.55. The van der Waals surface area contributed by atoms with E-state index in [0.29, 0.717) is 24.1 Å². The van der Waals surface area contributed by atoms with Crippen molar-refractivity contribution in [3.8, 4) is 0 Å². The van der Waals surface area contributed by atoms with Gasteiger partial charge in [0.15, 0.2) is 5.78 Å². The molecule has 1 amide bonds. The molecule has 0 bridgehead atoms. The number of hydrogen-bond acceptors (Lipinski definition) is 2. The van der Waals surface area contributed by atoms with Crippen LogP contribution in [0.3, 0.4) is 0 Å². The van der Waals surface area contributed by atoms with Crippen molar-refractivity contribution >= 4 is 17.9 Å². The summed E-state index contributed by atoms with van der Waals surface area (Å²) in [6.07, 6.45) is 1.92. The molecule has 0 aromatic heterocycles. The highest BCUT2D eigenvalue weighted by Gasteiger charge is 2.09. The van der Waals surface area contributed by atoms with E-state index in [0.717, 1.165) is 12.0 Å². The van der Waals surface area contributed by atoms with Crippen LogP contribution in [0.1, 0.15) is 35.7 Å². The summed E-state index contributed by atoms with van der Waals surface area (Å²) in [4.78, 5) is 22.1. The number of aryl methyl sites for hydroxylation is 1. The number of carbonyl (C=O) groups excluding carboxylic acids is 2. The Balaban J connectivity index is 3.04. The number of amides is 1. The van der Waals surface area contributed by atoms with E-state index in [1.165, 1.54) is 0 Å². The van der Waals surface area contributed by atoms with Gasteiger partial charge in [-0.15, -0.1) is 0 Å². The number of anilines is 1. The van der Waals surface area contributed by atoms with Crippen LogP contribution in [0.25, 0.3) is 0 Å². The molecule has 0 saturated heterocycles. The van der Waals surface area contributed by atoms with E-state index >= 15 is 0 Å². The fraction of sp³-hybridized carbons (Fsp3) is 0.333. The lowest BCUT2D eigenvalue weighted by Gasteiger charge is -2.07. The van der Waals surface area contributed by atoms with Crippen LogP contribution in [0.2, 0.25) is 0 Å². The quantitative estimate of drug-likeness (QED) is 0.593. The van der Waals surface area contributed by atoms with E-state index < -0.39 is 0 Å². The van der Waals surface area contributed by atoms with Crippen molar-refractivity contribution in [2.24, 2.45) is 0 Å². The molecular formula is C12H15NO2. The van der Waals surface area contributed by atoms with Crippen LogP contribution < -0.4 is 5.32 Å². The molecule has 0 heterocycles. The third-order valence-electron chi connectivity index (χ3n) is 2.17. The molecule has 0 unspecified atom stereocenters. The number of rotatable bonds is 5. The van der Waals surface area contributed by atoms with Crippen molar-refractivity contribution in [1.29, 1.82) is 0 Å². The molecule has 0 spiro atoms. The topological polar surface area (TPSA) is 46.2 Å². The number of Topliss-reactive ketones (excluding diaryl/α,β-unsaturated/α-hetero) is 1. The van der Waals surface area contributed by atoms with Crippen LogP contribution in [0.15, 0.2) is 18.2 Å². The second-order valence-corrected chi connectivity index (χ2v) is 3.48. The van der Waals surface area contributed by atoms with Crippen molar-refractivity contribution in [2.75, 3.05) is 5.32 Å². The zero-order valence-electron chi connectivity index (χ0n) is 9.04. The van der Waals surface area contributed by atoms with E-state index in [4.69, 9.17) is 0 Å². The van der Waals surface area contributed by atoms with E-state index in [2.05, 4.69) is 5.32 Å². The van der Waals surface area contributed by atoms with Gasteiger partial charge in [-0.25, -0.2) is 0 Å². The fourth-order valence-electron chi connectivity index (χ4n) is 1.45. The molecular weight excluding hydrogens is 190 g/mol. The second-order valence-electron chi connectivity index (χ2n) is 3.48. The third-order valence-corrected chi connectivity index (χ3v) is 2.17. The van der Waals surface area contributed by atoms with Crippen molar-refractivity contribution in [1.82, 2.24) is 0 Å². The highest BCUT2D eigenvalue weighted by molar-refractivity contribution is 6.02. The summed E-state index contributed by atoms with van der Waals surface area (Å²) in [6.45, 7) is 3.88. The Morgan fingerprint density at radius 1 is 1.47 bits per heavy atom. The van der Waals surface area contributed by atoms with Gasteiger partial charge >= 0.3 is 0 Å². The number of carbonyl (C=O) groups is 2. The van der Waals surface area contributed by atoms with Gasteiger partial charge in [-0.05, 0) is 31.0 Å². The summed E-state index contributed by atoms with van der Waals surface area (Å²) in [5.41, 5.74) is 2.21. The standard InChI is InChI=1S/C12H15NO2/c1-3-4-12(15)10-6-5-9(2)7-11(10)13-8-14/h5-8H,3-4H2,1-2H3,(H,13,14). The maximum absolute atomic E-state index is 11.7. The lowest BCUT2D eigenvalue weighted by molar-refractivity contribution is -0.105. The van der Waals surface area contributed by atoms with Crippen molar-refractivity contribution < 1.29 is 9.59 Å². The minimum atomic E-state index is 0.0712. The molecule has 0 fully saturated rings. The molecule has 15 heavy (non-hydrogen) atoms. The molecule has 1 aromatic carbocycles. The van der Waals surface area contributed by atoms with Crippen LogP contribution >= 0.6 is 0 Å². The van der Waals surface area contributed by atoms with Gasteiger partial charge in [-0.3, -0.25) is 9.59 Å².